The van der Waals surface area contributed by atoms with Crippen LogP contribution < -0.4 is 0 Å². The minimum atomic E-state index is -0.295. The molecule has 0 spiro atoms. The summed E-state index contributed by atoms with van der Waals surface area (Å²) in [6.45, 7) is 5.71. The van der Waals surface area contributed by atoms with Crippen LogP contribution >= 0.6 is 0 Å². The zero-order valence-electron chi connectivity index (χ0n) is 11.1. The van der Waals surface area contributed by atoms with Gasteiger partial charge in [0.25, 0.3) is 0 Å². The molecule has 3 heteroatoms. The number of rotatable bonds is 3. The molecule has 17 heavy (non-hydrogen) atoms. The standard InChI is InChI=1S/C14H25NO2/c1-11(2)9-14(6-3-4-7-14)13(17)15-8-5-12(16)10-15/h11-12,16H,3-10H2,1-2H3/t12-/m0/s1. The van der Waals surface area contributed by atoms with E-state index in [1.165, 1.54) is 12.8 Å². The van der Waals surface area contributed by atoms with Crippen LogP contribution in [0.2, 0.25) is 0 Å². The van der Waals surface area contributed by atoms with E-state index >= 15 is 0 Å². The Balaban J connectivity index is 2.07. The maximum atomic E-state index is 12.7. The third kappa shape index (κ3) is 2.65. The summed E-state index contributed by atoms with van der Waals surface area (Å²) < 4.78 is 0. The lowest BCUT2D eigenvalue weighted by Crippen LogP contribution is -2.42. The molecule has 1 saturated heterocycles. The van der Waals surface area contributed by atoms with Crippen LogP contribution in [-0.4, -0.2) is 35.1 Å². The van der Waals surface area contributed by atoms with Crippen LogP contribution in [0.5, 0.6) is 0 Å². The summed E-state index contributed by atoms with van der Waals surface area (Å²) in [5.74, 6) is 0.893. The van der Waals surface area contributed by atoms with Crippen molar-refractivity contribution in [3.8, 4) is 0 Å². The van der Waals surface area contributed by atoms with Crippen LogP contribution in [0.3, 0.4) is 0 Å². The molecule has 0 radical (unpaired) electrons. The van der Waals surface area contributed by atoms with Crippen LogP contribution in [0.25, 0.3) is 0 Å². The quantitative estimate of drug-likeness (QED) is 0.820. The van der Waals surface area contributed by atoms with Crippen molar-refractivity contribution in [1.29, 1.82) is 0 Å². The van der Waals surface area contributed by atoms with Gasteiger partial charge in [0.15, 0.2) is 0 Å². The molecule has 1 N–H and O–H groups in total. The molecular weight excluding hydrogens is 214 g/mol. The van der Waals surface area contributed by atoms with Gasteiger partial charge in [-0.1, -0.05) is 26.7 Å². The largest absolute Gasteiger partial charge is 0.391 e. The van der Waals surface area contributed by atoms with Gasteiger partial charge in [0.1, 0.15) is 0 Å². The average Bonchev–Trinajstić information content (AvgIpc) is 2.86. The van der Waals surface area contributed by atoms with E-state index in [9.17, 15) is 9.90 Å². The molecule has 2 rings (SSSR count). The summed E-state index contributed by atoms with van der Waals surface area (Å²) in [5.41, 5.74) is -0.0990. The maximum absolute atomic E-state index is 12.7. The highest BCUT2D eigenvalue weighted by Gasteiger charge is 2.44. The van der Waals surface area contributed by atoms with Crippen molar-refractivity contribution in [2.45, 2.75) is 58.5 Å². The van der Waals surface area contributed by atoms with Gasteiger partial charge in [0, 0.05) is 18.5 Å². The van der Waals surface area contributed by atoms with Crippen molar-refractivity contribution in [2.24, 2.45) is 11.3 Å². The highest BCUT2D eigenvalue weighted by molar-refractivity contribution is 5.83. The minimum absolute atomic E-state index is 0.0990. The van der Waals surface area contributed by atoms with Crippen molar-refractivity contribution >= 4 is 5.91 Å². The molecule has 98 valence electrons. The van der Waals surface area contributed by atoms with Crippen molar-refractivity contribution in [2.75, 3.05) is 13.1 Å². The van der Waals surface area contributed by atoms with Crippen LogP contribution in [0.1, 0.15) is 52.4 Å². The fraction of sp³-hybridized carbons (Fsp3) is 0.929. The van der Waals surface area contributed by atoms with E-state index in [1.807, 2.05) is 4.90 Å². The van der Waals surface area contributed by atoms with Gasteiger partial charge in [-0.2, -0.15) is 0 Å². The Labute approximate surface area is 104 Å². The summed E-state index contributed by atoms with van der Waals surface area (Å²) in [4.78, 5) is 14.6. The fourth-order valence-electron chi connectivity index (χ4n) is 3.60. The third-order valence-corrected chi connectivity index (χ3v) is 4.26. The van der Waals surface area contributed by atoms with E-state index in [0.717, 1.165) is 32.2 Å². The second-order valence-electron chi connectivity index (χ2n) is 6.28. The lowest BCUT2D eigenvalue weighted by Gasteiger charge is -2.33. The van der Waals surface area contributed by atoms with Crippen molar-refractivity contribution in [3.63, 3.8) is 0 Å². The second-order valence-corrected chi connectivity index (χ2v) is 6.28. The SMILES string of the molecule is CC(C)CC1(C(=O)N2CC[C@H](O)C2)CCCC1. The molecule has 1 aliphatic heterocycles. The lowest BCUT2D eigenvalue weighted by atomic mass is 9.77. The Kier molecular flexibility index (Phi) is 3.76. The monoisotopic (exact) mass is 239 g/mol. The molecule has 1 atom stereocenters. The van der Waals surface area contributed by atoms with Gasteiger partial charge in [0.2, 0.25) is 5.91 Å². The van der Waals surface area contributed by atoms with E-state index in [1.54, 1.807) is 0 Å². The second kappa shape index (κ2) is 4.97. The highest BCUT2D eigenvalue weighted by Crippen LogP contribution is 2.45. The number of β-amino-alcohol motifs (C(OH)–C–C–N with tert-alkyl or cyclic N) is 1. The van der Waals surface area contributed by atoms with E-state index in [0.29, 0.717) is 18.4 Å². The van der Waals surface area contributed by atoms with Crippen molar-refractivity contribution in [1.82, 2.24) is 4.90 Å². The topological polar surface area (TPSA) is 40.5 Å². The number of carbonyl (C=O) groups is 1. The van der Waals surface area contributed by atoms with Crippen LogP contribution in [0.15, 0.2) is 0 Å². The summed E-state index contributed by atoms with van der Waals surface area (Å²) in [5, 5.41) is 9.56. The van der Waals surface area contributed by atoms with Gasteiger partial charge in [-0.25, -0.2) is 0 Å². The minimum Gasteiger partial charge on any atom is -0.391 e. The number of aliphatic hydroxyl groups is 1. The number of carbonyl (C=O) groups excluding carboxylic acids is 1. The summed E-state index contributed by atoms with van der Waals surface area (Å²) in [6, 6.07) is 0. The molecular formula is C14H25NO2. The van der Waals surface area contributed by atoms with Crippen LogP contribution in [-0.2, 0) is 4.79 Å². The molecule has 0 aromatic rings. The number of aliphatic hydroxyl groups excluding tert-OH is 1. The smallest absolute Gasteiger partial charge is 0.228 e. The molecule has 0 bridgehead atoms. The van der Waals surface area contributed by atoms with E-state index < -0.39 is 0 Å². The summed E-state index contributed by atoms with van der Waals surface area (Å²) in [7, 11) is 0. The number of likely N-dealkylation sites (tertiary alicyclic amines) is 1. The first-order chi connectivity index (χ1) is 8.03. The Hall–Kier alpha value is -0.570. The molecule has 2 aliphatic rings. The molecule has 3 nitrogen and oxygen atoms in total. The highest BCUT2D eigenvalue weighted by atomic mass is 16.3. The Bertz CT molecular complexity index is 282. The average molecular weight is 239 g/mol. The van der Waals surface area contributed by atoms with Gasteiger partial charge in [0.05, 0.1) is 6.10 Å². The van der Waals surface area contributed by atoms with Gasteiger partial charge < -0.3 is 10.0 Å². The molecule has 0 aromatic carbocycles. The summed E-state index contributed by atoms with van der Waals surface area (Å²) >= 11 is 0. The molecule has 0 unspecified atom stereocenters. The first kappa shape index (κ1) is 12.9. The first-order valence-electron chi connectivity index (χ1n) is 7.01. The Morgan fingerprint density at radius 1 is 1.41 bits per heavy atom. The molecule has 2 fully saturated rings. The number of amides is 1. The normalized spacial score (nSPS) is 28.0. The Morgan fingerprint density at radius 2 is 2.06 bits per heavy atom. The van der Waals surface area contributed by atoms with Crippen molar-refractivity contribution in [3.05, 3.63) is 0 Å². The van der Waals surface area contributed by atoms with Crippen LogP contribution in [0, 0.1) is 11.3 Å². The molecule has 1 saturated carbocycles. The molecule has 1 amide bonds. The predicted octanol–water partition coefficient (Wildman–Crippen LogP) is 2.19. The van der Waals surface area contributed by atoms with Gasteiger partial charge in [-0.15, -0.1) is 0 Å². The number of hydrogen-bond acceptors (Lipinski definition) is 2. The molecule has 1 heterocycles. The predicted molar refractivity (Wildman–Crippen MR) is 67.6 cm³/mol. The molecule has 0 aromatic heterocycles. The van der Waals surface area contributed by atoms with E-state index in [2.05, 4.69) is 13.8 Å². The van der Waals surface area contributed by atoms with Gasteiger partial charge >= 0.3 is 0 Å². The zero-order chi connectivity index (χ0) is 12.5. The third-order valence-electron chi connectivity index (χ3n) is 4.26. The number of hydrogen-bond donors (Lipinski definition) is 1. The first-order valence-corrected chi connectivity index (χ1v) is 7.01. The zero-order valence-corrected chi connectivity index (χ0v) is 11.1. The number of nitrogens with zero attached hydrogens (tertiary/aromatic N) is 1. The summed E-state index contributed by atoms with van der Waals surface area (Å²) in [6.07, 6.45) is 5.95. The van der Waals surface area contributed by atoms with Crippen LogP contribution in [0.4, 0.5) is 0 Å². The lowest BCUT2D eigenvalue weighted by molar-refractivity contribution is -0.142. The fourth-order valence-corrected chi connectivity index (χ4v) is 3.60. The maximum Gasteiger partial charge on any atom is 0.228 e. The van der Waals surface area contributed by atoms with Gasteiger partial charge in [-0.05, 0) is 31.6 Å². The Morgan fingerprint density at radius 3 is 2.53 bits per heavy atom. The van der Waals surface area contributed by atoms with Gasteiger partial charge in [-0.3, -0.25) is 4.79 Å². The molecule has 1 aliphatic carbocycles. The van der Waals surface area contributed by atoms with E-state index in [-0.39, 0.29) is 11.5 Å². The van der Waals surface area contributed by atoms with Crippen molar-refractivity contribution < 1.29 is 9.90 Å². The van der Waals surface area contributed by atoms with E-state index in [4.69, 9.17) is 0 Å².